The van der Waals surface area contributed by atoms with E-state index in [9.17, 15) is 9.59 Å². The fourth-order valence-corrected chi connectivity index (χ4v) is 3.99. The van der Waals surface area contributed by atoms with E-state index in [4.69, 9.17) is 10.5 Å². The average Bonchev–Trinajstić information content (AvgIpc) is 2.73. The standard InChI is InChI=1S/C21H31N3O3/c1-16-2-4-17(5-3-16)14-23-19(25)18-6-10-24(11-7-18)20(26)21(15-22)8-12-27-13-9-21/h2-5,18H,6-15,22H2,1H3,(H,23,25). The number of hydrogen-bond acceptors (Lipinski definition) is 4. The molecule has 3 rings (SSSR count). The van der Waals surface area contributed by atoms with Gasteiger partial charge in [-0.15, -0.1) is 0 Å². The molecule has 2 heterocycles. The molecule has 0 spiro atoms. The third-order valence-electron chi connectivity index (χ3n) is 6.03. The molecule has 148 valence electrons. The van der Waals surface area contributed by atoms with Crippen LogP contribution in [0.15, 0.2) is 24.3 Å². The summed E-state index contributed by atoms with van der Waals surface area (Å²) in [6, 6.07) is 8.18. The Bertz CT molecular complexity index is 645. The highest BCUT2D eigenvalue weighted by molar-refractivity contribution is 5.84. The van der Waals surface area contributed by atoms with Crippen LogP contribution < -0.4 is 11.1 Å². The van der Waals surface area contributed by atoms with Gasteiger partial charge in [0.2, 0.25) is 11.8 Å². The largest absolute Gasteiger partial charge is 0.381 e. The lowest BCUT2D eigenvalue weighted by molar-refractivity contribution is -0.149. The van der Waals surface area contributed by atoms with Crippen molar-refractivity contribution in [2.24, 2.45) is 17.1 Å². The van der Waals surface area contributed by atoms with Crippen LogP contribution >= 0.6 is 0 Å². The first kappa shape index (κ1) is 19.8. The molecule has 0 aromatic heterocycles. The molecular weight excluding hydrogens is 342 g/mol. The Kier molecular flexibility index (Phi) is 6.50. The molecule has 0 unspecified atom stereocenters. The Balaban J connectivity index is 1.48. The highest BCUT2D eigenvalue weighted by Gasteiger charge is 2.42. The zero-order valence-electron chi connectivity index (χ0n) is 16.2. The van der Waals surface area contributed by atoms with Crippen LogP contribution in [0.4, 0.5) is 0 Å². The van der Waals surface area contributed by atoms with Gasteiger partial charge in [0.05, 0.1) is 5.41 Å². The predicted molar refractivity (Wildman–Crippen MR) is 104 cm³/mol. The van der Waals surface area contributed by atoms with E-state index >= 15 is 0 Å². The van der Waals surface area contributed by atoms with Gasteiger partial charge in [-0.25, -0.2) is 0 Å². The first-order valence-electron chi connectivity index (χ1n) is 9.94. The average molecular weight is 373 g/mol. The molecule has 2 aliphatic heterocycles. The van der Waals surface area contributed by atoms with Crippen molar-refractivity contribution in [3.8, 4) is 0 Å². The lowest BCUT2D eigenvalue weighted by Gasteiger charge is -2.41. The molecule has 0 atom stereocenters. The van der Waals surface area contributed by atoms with Gasteiger partial charge in [0.15, 0.2) is 0 Å². The second-order valence-electron chi connectivity index (χ2n) is 7.87. The summed E-state index contributed by atoms with van der Waals surface area (Å²) in [5, 5.41) is 3.04. The third kappa shape index (κ3) is 4.68. The molecular formula is C21H31N3O3. The zero-order valence-corrected chi connectivity index (χ0v) is 16.2. The smallest absolute Gasteiger partial charge is 0.230 e. The maximum Gasteiger partial charge on any atom is 0.230 e. The molecule has 0 bridgehead atoms. The minimum Gasteiger partial charge on any atom is -0.381 e. The van der Waals surface area contributed by atoms with Crippen LogP contribution in [0.3, 0.4) is 0 Å². The number of carbonyl (C=O) groups is 2. The molecule has 0 radical (unpaired) electrons. The van der Waals surface area contributed by atoms with Crippen LogP contribution in [0.5, 0.6) is 0 Å². The zero-order chi connectivity index (χ0) is 19.3. The molecule has 0 aliphatic carbocycles. The van der Waals surface area contributed by atoms with E-state index in [1.54, 1.807) is 0 Å². The van der Waals surface area contributed by atoms with E-state index in [-0.39, 0.29) is 17.7 Å². The predicted octanol–water partition coefficient (Wildman–Crippen LogP) is 1.61. The number of ether oxygens (including phenoxy) is 1. The topological polar surface area (TPSA) is 84.7 Å². The molecule has 2 aliphatic rings. The lowest BCUT2D eigenvalue weighted by atomic mass is 9.78. The number of rotatable bonds is 5. The number of amides is 2. The Morgan fingerprint density at radius 1 is 1.19 bits per heavy atom. The molecule has 27 heavy (non-hydrogen) atoms. The second-order valence-corrected chi connectivity index (χ2v) is 7.87. The van der Waals surface area contributed by atoms with Crippen molar-refractivity contribution >= 4 is 11.8 Å². The fraction of sp³-hybridized carbons (Fsp3) is 0.619. The molecule has 1 aromatic rings. The number of likely N-dealkylation sites (tertiary alicyclic amines) is 1. The molecule has 2 amide bonds. The Morgan fingerprint density at radius 2 is 1.81 bits per heavy atom. The summed E-state index contributed by atoms with van der Waals surface area (Å²) in [5.41, 5.74) is 7.80. The Morgan fingerprint density at radius 3 is 2.41 bits per heavy atom. The summed E-state index contributed by atoms with van der Waals surface area (Å²) < 4.78 is 5.40. The van der Waals surface area contributed by atoms with Crippen molar-refractivity contribution < 1.29 is 14.3 Å². The number of piperidine rings is 1. The van der Waals surface area contributed by atoms with Gasteiger partial charge in [0.25, 0.3) is 0 Å². The minimum atomic E-state index is -0.473. The summed E-state index contributed by atoms with van der Waals surface area (Å²) in [4.78, 5) is 27.4. The molecule has 1 aromatic carbocycles. The summed E-state index contributed by atoms with van der Waals surface area (Å²) in [6.45, 7) is 5.42. The highest BCUT2D eigenvalue weighted by atomic mass is 16.5. The van der Waals surface area contributed by atoms with Gasteiger partial charge in [-0.3, -0.25) is 9.59 Å². The van der Waals surface area contributed by atoms with Crippen molar-refractivity contribution in [1.82, 2.24) is 10.2 Å². The van der Waals surface area contributed by atoms with Gasteiger partial charge < -0.3 is 20.7 Å². The molecule has 6 nitrogen and oxygen atoms in total. The molecule has 0 saturated carbocycles. The Labute approximate surface area is 161 Å². The monoisotopic (exact) mass is 373 g/mol. The van der Waals surface area contributed by atoms with Gasteiger partial charge in [-0.2, -0.15) is 0 Å². The molecule has 3 N–H and O–H groups in total. The molecule has 6 heteroatoms. The second kappa shape index (κ2) is 8.85. The third-order valence-corrected chi connectivity index (χ3v) is 6.03. The molecule has 2 fully saturated rings. The molecule has 2 saturated heterocycles. The maximum atomic E-state index is 13.0. The van der Waals surface area contributed by atoms with Crippen molar-refractivity contribution in [3.63, 3.8) is 0 Å². The number of hydrogen-bond donors (Lipinski definition) is 2. The van der Waals surface area contributed by atoms with Gasteiger partial charge in [-0.1, -0.05) is 29.8 Å². The number of nitrogens with two attached hydrogens (primary N) is 1. The summed E-state index contributed by atoms with van der Waals surface area (Å²) in [7, 11) is 0. The normalized spacial score (nSPS) is 20.3. The van der Waals surface area contributed by atoms with Crippen molar-refractivity contribution in [2.45, 2.75) is 39.2 Å². The van der Waals surface area contributed by atoms with Crippen molar-refractivity contribution in [1.29, 1.82) is 0 Å². The van der Waals surface area contributed by atoms with E-state index in [0.29, 0.717) is 65.1 Å². The fourth-order valence-electron chi connectivity index (χ4n) is 3.99. The van der Waals surface area contributed by atoms with Gasteiger partial charge >= 0.3 is 0 Å². The summed E-state index contributed by atoms with van der Waals surface area (Å²) in [5.74, 6) is 0.206. The number of aryl methyl sites for hydroxylation is 1. The van der Waals surface area contributed by atoms with E-state index < -0.39 is 5.41 Å². The minimum absolute atomic E-state index is 0.0250. The van der Waals surface area contributed by atoms with Crippen molar-refractivity contribution in [3.05, 3.63) is 35.4 Å². The number of nitrogens with zero attached hydrogens (tertiary/aromatic N) is 1. The van der Waals surface area contributed by atoms with Crippen molar-refractivity contribution in [2.75, 3.05) is 32.8 Å². The van der Waals surface area contributed by atoms with Crippen LogP contribution in [0.25, 0.3) is 0 Å². The number of carbonyl (C=O) groups excluding carboxylic acids is 2. The van der Waals surface area contributed by atoms with Gasteiger partial charge in [0.1, 0.15) is 0 Å². The summed E-state index contributed by atoms with van der Waals surface area (Å²) in [6.07, 6.45) is 2.81. The van der Waals surface area contributed by atoms with E-state index in [1.165, 1.54) is 5.56 Å². The number of benzene rings is 1. The van der Waals surface area contributed by atoms with E-state index in [2.05, 4.69) is 17.4 Å². The van der Waals surface area contributed by atoms with E-state index in [0.717, 1.165) is 5.56 Å². The van der Waals surface area contributed by atoms with Crippen LogP contribution in [0.2, 0.25) is 0 Å². The van der Waals surface area contributed by atoms with Gasteiger partial charge in [0, 0.05) is 45.3 Å². The van der Waals surface area contributed by atoms with Crippen LogP contribution in [-0.4, -0.2) is 49.6 Å². The number of nitrogens with one attached hydrogen (secondary N) is 1. The lowest BCUT2D eigenvalue weighted by Crippen LogP contribution is -2.53. The maximum absolute atomic E-state index is 13.0. The SMILES string of the molecule is Cc1ccc(CNC(=O)C2CCN(C(=O)C3(CN)CCOCC3)CC2)cc1. The quantitative estimate of drug-likeness (QED) is 0.821. The Hall–Kier alpha value is -1.92. The van der Waals surface area contributed by atoms with Crippen LogP contribution in [0, 0.1) is 18.3 Å². The first-order chi connectivity index (χ1) is 13.0. The first-order valence-corrected chi connectivity index (χ1v) is 9.94. The van der Waals surface area contributed by atoms with Crippen LogP contribution in [-0.2, 0) is 20.9 Å². The van der Waals surface area contributed by atoms with E-state index in [1.807, 2.05) is 24.0 Å². The van der Waals surface area contributed by atoms with Gasteiger partial charge in [-0.05, 0) is 38.2 Å². The summed E-state index contributed by atoms with van der Waals surface area (Å²) >= 11 is 0. The van der Waals surface area contributed by atoms with Crippen LogP contribution in [0.1, 0.15) is 36.8 Å². The highest BCUT2D eigenvalue weighted by Crippen LogP contribution is 2.33.